The molecule has 0 saturated carbocycles. The van der Waals surface area contributed by atoms with Crippen LogP contribution >= 0.6 is 11.3 Å². The Labute approximate surface area is 335 Å². The highest BCUT2D eigenvalue weighted by Gasteiger charge is 2.26. The molecule has 11 aromatic rings. The quantitative estimate of drug-likeness (QED) is 0.174. The number of hydrogen-bond acceptors (Lipinski definition) is 3. The van der Waals surface area contributed by atoms with E-state index < -0.39 is 0 Å². The van der Waals surface area contributed by atoms with E-state index in [1.165, 1.54) is 69.5 Å². The van der Waals surface area contributed by atoms with Crippen molar-refractivity contribution < 1.29 is 4.42 Å². The van der Waals surface area contributed by atoms with Gasteiger partial charge in [0.1, 0.15) is 11.2 Å². The summed E-state index contributed by atoms with van der Waals surface area (Å²) in [4.78, 5) is 2.50. The van der Waals surface area contributed by atoms with Gasteiger partial charge < -0.3 is 9.32 Å². The minimum Gasteiger partial charge on any atom is -0.456 e. The number of anilines is 3. The molecular weight excluding hydrogens is 711 g/mol. The summed E-state index contributed by atoms with van der Waals surface area (Å²) >= 11 is 1.88. The number of benzene rings is 9. The van der Waals surface area contributed by atoms with Gasteiger partial charge in [0, 0.05) is 53.3 Å². The van der Waals surface area contributed by atoms with E-state index >= 15 is 0 Å². The summed E-state index contributed by atoms with van der Waals surface area (Å²) in [7, 11) is 0. The number of rotatable bonds is 5. The fraction of sp³-hybridized carbons (Fsp3) is 0.0741. The second-order valence-corrected chi connectivity index (χ2v) is 17.2. The van der Waals surface area contributed by atoms with Gasteiger partial charge in [-0.3, -0.25) is 0 Å². The lowest BCUT2D eigenvalue weighted by Crippen LogP contribution is -2.15. The van der Waals surface area contributed by atoms with Crippen molar-refractivity contribution in [2.24, 2.45) is 0 Å². The van der Waals surface area contributed by atoms with Crippen molar-refractivity contribution in [1.82, 2.24) is 0 Å². The van der Waals surface area contributed by atoms with Crippen molar-refractivity contribution in [2.45, 2.75) is 26.2 Å². The molecule has 0 unspecified atom stereocenters. The molecule has 0 atom stereocenters. The minimum absolute atomic E-state index is 0.0325. The van der Waals surface area contributed by atoms with Crippen LogP contribution in [0, 0.1) is 0 Å². The number of furan rings is 1. The Kier molecular flexibility index (Phi) is 7.64. The van der Waals surface area contributed by atoms with Gasteiger partial charge in [-0.25, -0.2) is 0 Å². The Morgan fingerprint density at radius 3 is 1.96 bits per heavy atom. The predicted octanol–water partition coefficient (Wildman–Crippen LogP) is 16.4. The molecule has 0 radical (unpaired) electrons. The molecule has 57 heavy (non-hydrogen) atoms. The Morgan fingerprint density at radius 1 is 0.456 bits per heavy atom. The lowest BCUT2D eigenvalue weighted by molar-refractivity contribution is 0.590. The summed E-state index contributed by atoms with van der Waals surface area (Å²) in [5.74, 6) is 0. The van der Waals surface area contributed by atoms with Crippen LogP contribution in [0.15, 0.2) is 186 Å². The summed E-state index contributed by atoms with van der Waals surface area (Å²) in [5.41, 5.74) is 11.2. The molecule has 11 rings (SSSR count). The summed E-state index contributed by atoms with van der Waals surface area (Å²) in [6.45, 7) is 6.88. The van der Waals surface area contributed by atoms with E-state index in [2.05, 4.69) is 208 Å². The van der Waals surface area contributed by atoms with Gasteiger partial charge in [0.05, 0.1) is 11.4 Å². The first-order chi connectivity index (χ1) is 27.9. The number of nitrogens with zero attached hydrogens (tertiary/aromatic N) is 1. The van der Waals surface area contributed by atoms with Crippen LogP contribution in [0.1, 0.15) is 26.3 Å². The van der Waals surface area contributed by atoms with Crippen molar-refractivity contribution in [3.63, 3.8) is 0 Å². The van der Waals surface area contributed by atoms with Crippen molar-refractivity contribution in [3.8, 4) is 22.3 Å². The van der Waals surface area contributed by atoms with Crippen molar-refractivity contribution in [3.05, 3.63) is 188 Å². The largest absolute Gasteiger partial charge is 0.456 e. The third-order valence-electron chi connectivity index (χ3n) is 11.6. The molecule has 0 bridgehead atoms. The van der Waals surface area contributed by atoms with Crippen molar-refractivity contribution in [2.75, 3.05) is 4.90 Å². The second kappa shape index (κ2) is 12.9. The van der Waals surface area contributed by atoms with Gasteiger partial charge in [0.15, 0.2) is 0 Å². The standard InChI is InChI=1S/C54H39NOS/c1-54(2,3)38-25-28-47(44(32-38)34-14-5-4-6-15-34)55(39-26-29-49-46(33-39)45-30-36-17-7-8-18-37(36)31-50(45)56-49)48-27-24-35-16-9-10-19-40(35)52(48)43-22-13-21-42-41-20-11-12-23-51(41)57-53(42)43/h4-33H,1-3H3. The number of fused-ring (bicyclic) bond motifs is 8. The predicted molar refractivity (Wildman–Crippen MR) is 246 cm³/mol. The van der Waals surface area contributed by atoms with E-state index in [1.807, 2.05) is 11.3 Å². The molecule has 0 aliphatic heterocycles. The first-order valence-electron chi connectivity index (χ1n) is 19.7. The van der Waals surface area contributed by atoms with Gasteiger partial charge in [-0.1, -0.05) is 148 Å². The Morgan fingerprint density at radius 2 is 1.14 bits per heavy atom. The van der Waals surface area contributed by atoms with Gasteiger partial charge in [0.25, 0.3) is 0 Å². The normalized spacial score (nSPS) is 12.1. The molecular formula is C54H39NOS. The fourth-order valence-corrected chi connectivity index (χ4v) is 9.94. The SMILES string of the molecule is CC(C)(C)c1ccc(N(c2ccc3oc4cc5ccccc5cc4c3c2)c2ccc3ccccc3c2-c2cccc3c2sc2ccccc23)c(-c2ccccc2)c1. The van der Waals surface area contributed by atoms with Crippen molar-refractivity contribution in [1.29, 1.82) is 0 Å². The fourth-order valence-electron chi connectivity index (χ4n) is 8.72. The van der Waals surface area contributed by atoms with Gasteiger partial charge >= 0.3 is 0 Å². The highest BCUT2D eigenvalue weighted by atomic mass is 32.1. The topological polar surface area (TPSA) is 16.4 Å². The monoisotopic (exact) mass is 749 g/mol. The zero-order valence-electron chi connectivity index (χ0n) is 32.1. The molecule has 0 aliphatic rings. The lowest BCUT2D eigenvalue weighted by Gasteiger charge is -2.32. The van der Waals surface area contributed by atoms with Gasteiger partial charge in [-0.15, -0.1) is 11.3 Å². The second-order valence-electron chi connectivity index (χ2n) is 16.1. The molecule has 0 N–H and O–H groups in total. The van der Waals surface area contributed by atoms with Crippen LogP contribution in [-0.2, 0) is 5.41 Å². The van der Waals surface area contributed by atoms with Gasteiger partial charge in [0.2, 0.25) is 0 Å². The molecule has 9 aromatic carbocycles. The van der Waals surface area contributed by atoms with E-state index in [0.29, 0.717) is 0 Å². The highest BCUT2D eigenvalue weighted by molar-refractivity contribution is 7.26. The van der Waals surface area contributed by atoms with Crippen molar-refractivity contribution >= 4 is 92.1 Å². The van der Waals surface area contributed by atoms with E-state index in [9.17, 15) is 0 Å². The summed E-state index contributed by atoms with van der Waals surface area (Å²) in [5, 5.41) is 9.61. The molecule has 0 amide bonds. The first kappa shape index (κ1) is 33.6. The molecule has 2 aromatic heterocycles. The average Bonchev–Trinajstić information content (AvgIpc) is 3.80. The Hall–Kier alpha value is -6.68. The van der Waals surface area contributed by atoms with Crippen LogP contribution in [0.4, 0.5) is 17.1 Å². The Balaban J connectivity index is 1.26. The maximum Gasteiger partial charge on any atom is 0.136 e. The molecule has 3 heteroatoms. The molecule has 0 saturated heterocycles. The summed E-state index contributed by atoms with van der Waals surface area (Å²) in [6.07, 6.45) is 0. The highest BCUT2D eigenvalue weighted by Crippen LogP contribution is 2.51. The summed E-state index contributed by atoms with van der Waals surface area (Å²) < 4.78 is 9.16. The minimum atomic E-state index is -0.0325. The maximum absolute atomic E-state index is 6.56. The smallest absolute Gasteiger partial charge is 0.136 e. The van der Waals surface area contributed by atoms with E-state index in [1.54, 1.807) is 0 Å². The van der Waals surface area contributed by atoms with Crippen LogP contribution in [0.25, 0.3) is 85.9 Å². The van der Waals surface area contributed by atoms with E-state index in [4.69, 9.17) is 4.42 Å². The third-order valence-corrected chi connectivity index (χ3v) is 12.8. The average molecular weight is 750 g/mol. The zero-order valence-corrected chi connectivity index (χ0v) is 32.9. The Bertz CT molecular complexity index is 3340. The van der Waals surface area contributed by atoms with Crippen LogP contribution in [0.2, 0.25) is 0 Å². The van der Waals surface area contributed by atoms with Crippen LogP contribution < -0.4 is 4.90 Å². The van der Waals surface area contributed by atoms with E-state index in [-0.39, 0.29) is 5.41 Å². The molecule has 0 spiro atoms. The van der Waals surface area contributed by atoms with Crippen LogP contribution in [0.3, 0.4) is 0 Å². The first-order valence-corrected chi connectivity index (χ1v) is 20.5. The molecule has 272 valence electrons. The molecule has 2 nitrogen and oxygen atoms in total. The molecule has 0 fully saturated rings. The summed E-state index contributed by atoms with van der Waals surface area (Å²) in [6, 6.07) is 66.7. The molecule has 0 aliphatic carbocycles. The lowest BCUT2D eigenvalue weighted by atomic mass is 9.84. The number of thiophene rings is 1. The van der Waals surface area contributed by atoms with Gasteiger partial charge in [-0.05, 0) is 92.7 Å². The van der Waals surface area contributed by atoms with Gasteiger partial charge in [-0.2, -0.15) is 0 Å². The maximum atomic E-state index is 6.56. The van der Waals surface area contributed by atoms with Crippen LogP contribution in [-0.4, -0.2) is 0 Å². The third kappa shape index (κ3) is 5.53. The van der Waals surface area contributed by atoms with Crippen LogP contribution in [0.5, 0.6) is 0 Å². The zero-order chi connectivity index (χ0) is 38.3. The molecule has 2 heterocycles. The van der Waals surface area contributed by atoms with E-state index in [0.717, 1.165) is 39.0 Å². The number of hydrogen-bond donors (Lipinski definition) is 0.